The summed E-state index contributed by atoms with van der Waals surface area (Å²) in [6.45, 7) is 6.00. The maximum absolute atomic E-state index is 13.2. The van der Waals surface area contributed by atoms with Gasteiger partial charge in [-0.15, -0.1) is 0 Å². The summed E-state index contributed by atoms with van der Waals surface area (Å²) in [4.78, 5) is 157. The fourth-order valence-electron chi connectivity index (χ4n) is 12.6. The third kappa shape index (κ3) is 19.9. The van der Waals surface area contributed by atoms with Gasteiger partial charge in [0.1, 0.15) is 103 Å². The van der Waals surface area contributed by atoms with Crippen molar-refractivity contribution in [3.8, 4) is 57.5 Å². The van der Waals surface area contributed by atoms with E-state index in [0.717, 1.165) is 27.8 Å². The van der Waals surface area contributed by atoms with Gasteiger partial charge in [0.25, 0.3) is 32.3 Å². The molecular formula is C85H79Cl2N5O22S. The van der Waals surface area contributed by atoms with Crippen LogP contribution in [0.3, 0.4) is 0 Å². The lowest BCUT2D eigenvalue weighted by atomic mass is 10.0. The molecule has 1 amide bonds. The summed E-state index contributed by atoms with van der Waals surface area (Å²) in [6, 6.07) is 41.4. The number of ether oxygens (including phenoxy) is 3. The summed E-state index contributed by atoms with van der Waals surface area (Å²) in [5, 5.41) is 44.6. The zero-order chi connectivity index (χ0) is 83.6. The molecule has 4 N–H and O–H groups in total. The minimum atomic E-state index is -4.12. The fraction of sp³-hybridized carbons (Fsp3) is 0.259. The number of benzene rings is 7. The summed E-state index contributed by atoms with van der Waals surface area (Å²) in [6.07, 6.45) is 2.05. The van der Waals surface area contributed by atoms with Crippen molar-refractivity contribution in [2.45, 2.75) is 116 Å². The van der Waals surface area contributed by atoms with Crippen molar-refractivity contribution in [2.24, 2.45) is 27.1 Å². The molecule has 0 unspecified atom stereocenters. The second-order valence-electron chi connectivity index (χ2n) is 27.7. The number of carbonyl (C=O) groups excluding carboxylic acids is 9. The summed E-state index contributed by atoms with van der Waals surface area (Å²) in [7, 11) is 0.296. The van der Waals surface area contributed by atoms with Crippen LogP contribution >= 0.6 is 23.2 Å². The van der Waals surface area contributed by atoms with E-state index in [1.54, 1.807) is 108 Å². The zero-order valence-electron chi connectivity index (χ0n) is 63.4. The van der Waals surface area contributed by atoms with Gasteiger partial charge in [-0.3, -0.25) is 43.2 Å². The van der Waals surface area contributed by atoms with Gasteiger partial charge in [0.2, 0.25) is 5.91 Å². The molecule has 27 nitrogen and oxygen atoms in total. The third-order valence-electron chi connectivity index (χ3n) is 19.0. The minimum absolute atomic E-state index is 0.00834. The molecule has 0 radical (unpaired) electrons. The fourth-order valence-corrected chi connectivity index (χ4v) is 14.4. The molecule has 7 aromatic carbocycles. The van der Waals surface area contributed by atoms with Crippen LogP contribution in [0.1, 0.15) is 146 Å². The van der Waals surface area contributed by atoms with Crippen molar-refractivity contribution in [3.63, 3.8) is 0 Å². The van der Waals surface area contributed by atoms with E-state index in [0.29, 0.717) is 96.1 Å². The molecule has 596 valence electrons. The Kier molecular flexibility index (Phi) is 26.9. The number of para-hydroxylation sites is 1. The number of rotatable bonds is 26. The number of carbonyl (C=O) groups is 9. The van der Waals surface area contributed by atoms with Crippen molar-refractivity contribution < 1.29 is 86.2 Å². The predicted molar refractivity (Wildman–Crippen MR) is 430 cm³/mol. The van der Waals surface area contributed by atoms with Gasteiger partial charge in [-0.25, -0.2) is 12.7 Å². The number of aromatic nitrogens is 4. The monoisotopic (exact) mass is 1620 g/mol. The number of fused-ring (bicyclic) bond motifs is 4. The van der Waals surface area contributed by atoms with Gasteiger partial charge in [0.15, 0.2) is 23.1 Å². The second-order valence-corrected chi connectivity index (χ2v) is 30.4. The first-order chi connectivity index (χ1) is 54.5. The number of hydrogen-bond acceptors (Lipinski definition) is 22. The van der Waals surface area contributed by atoms with Gasteiger partial charge in [0.05, 0.1) is 27.0 Å². The number of halogens is 2. The van der Waals surface area contributed by atoms with Crippen molar-refractivity contribution in [1.29, 1.82) is 0 Å². The van der Waals surface area contributed by atoms with Crippen molar-refractivity contribution in [3.05, 3.63) is 225 Å². The van der Waals surface area contributed by atoms with Gasteiger partial charge in [-0.1, -0.05) is 47.5 Å². The number of aryl methyl sites for hydroxylation is 3. The van der Waals surface area contributed by atoms with Crippen LogP contribution in [0.4, 0.5) is 0 Å². The molecule has 13 rings (SSSR count). The molecule has 115 heavy (non-hydrogen) atoms. The number of ketones is 8. The average molecular weight is 1630 g/mol. The maximum atomic E-state index is 13.2. The Morgan fingerprint density at radius 2 is 0.774 bits per heavy atom. The molecule has 1 aliphatic heterocycles. The molecule has 2 fully saturated rings. The Morgan fingerprint density at radius 1 is 0.400 bits per heavy atom. The Balaban J connectivity index is 0.000000162. The van der Waals surface area contributed by atoms with E-state index in [2.05, 4.69) is 0 Å². The molecule has 1 aliphatic carbocycles. The Morgan fingerprint density at radius 3 is 1.19 bits per heavy atom. The summed E-state index contributed by atoms with van der Waals surface area (Å²) in [5.41, 5.74) is -2.27. The lowest BCUT2D eigenvalue weighted by Crippen LogP contribution is -2.32. The van der Waals surface area contributed by atoms with Crippen LogP contribution in [0.15, 0.2) is 176 Å². The number of nitrogens with zero attached hydrogens (tertiary/aromatic N) is 5. The molecule has 0 bridgehead atoms. The average Bonchev–Trinajstić information content (AvgIpc) is 1.72. The number of amides is 1. The van der Waals surface area contributed by atoms with Gasteiger partial charge >= 0.3 is 0 Å². The Labute approximate surface area is 666 Å². The topological polar surface area (TPSA) is 388 Å². The number of Topliss-reactive ketones (excluding diaryl/α,β-unsaturated/α-hetero) is 8. The third-order valence-corrected chi connectivity index (χ3v) is 21.3. The first-order valence-electron chi connectivity index (χ1n) is 36.3. The Bertz CT molecular complexity index is 6160. The quantitative estimate of drug-likeness (QED) is 0.0366. The lowest BCUT2D eigenvalue weighted by Gasteiger charge is -2.17. The van der Waals surface area contributed by atoms with Crippen molar-refractivity contribution >= 4 is 129 Å². The maximum Gasteiger partial charge on any atom is 0.266 e. The van der Waals surface area contributed by atoms with Crippen LogP contribution < -0.4 is 36.4 Å². The number of pyridine rings is 4. The molecule has 0 spiro atoms. The minimum Gasteiger partial charge on any atom is -0.506 e. The summed E-state index contributed by atoms with van der Waals surface area (Å²) < 4.78 is 49.0. The number of aromatic hydroxyl groups is 4. The van der Waals surface area contributed by atoms with E-state index in [1.165, 1.54) is 70.1 Å². The van der Waals surface area contributed by atoms with Crippen LogP contribution in [-0.2, 0) is 61.7 Å². The first kappa shape index (κ1) is 84.8. The second kappa shape index (κ2) is 36.4. The van der Waals surface area contributed by atoms with Crippen LogP contribution in [0.2, 0.25) is 10.0 Å². The Hall–Kier alpha value is -12.7. The van der Waals surface area contributed by atoms with E-state index in [9.17, 15) is 91.2 Å². The van der Waals surface area contributed by atoms with Gasteiger partial charge in [-0.2, -0.15) is 0 Å². The van der Waals surface area contributed by atoms with Crippen LogP contribution in [0, 0.1) is 5.92 Å². The molecule has 1 saturated carbocycles. The summed E-state index contributed by atoms with van der Waals surface area (Å²) >= 11 is 11.8. The van der Waals surface area contributed by atoms with E-state index in [-0.39, 0.29) is 137 Å². The zero-order valence-corrected chi connectivity index (χ0v) is 65.8. The SMILES string of the molecule is CC(=O)CCC(=O)c1c(O)c2cc(S(=O)(=O)N3CCCC3=O)ccc2n(C)c1=O.CC(=O)CCC(=O)c1c(O)c2ccc(Oc3ccc(Cl)cc3)cc2n(C)c1=O.CC(=O)CCC(=O)c1c(O)c2ccc(Oc3cccc(Cl)c3)cc2n(C)c1=O.CC(=O)CCC(=O)c1c(O)c2ccc(Oc3ccccc3)cc2n(CC2CC2)c1=O. The van der Waals surface area contributed by atoms with E-state index in [4.69, 9.17) is 37.4 Å². The molecule has 30 heteroatoms. The van der Waals surface area contributed by atoms with Crippen molar-refractivity contribution in [2.75, 3.05) is 6.54 Å². The largest absolute Gasteiger partial charge is 0.506 e. The number of hydrogen-bond donors (Lipinski definition) is 4. The van der Waals surface area contributed by atoms with E-state index in [1.807, 2.05) is 30.3 Å². The van der Waals surface area contributed by atoms with Crippen molar-refractivity contribution in [1.82, 2.24) is 22.6 Å². The standard InChI is InChI=1S/C24H23NO5.2C21H18ClNO5.C19H20N2O7S/c1-15(26)7-12-21(27)22-23(28)19-11-10-18(30-17-5-3-2-4-6-17)13-20(19)25(24(22)29)14-16-8-9-16;1-12(24)3-10-18(25)19-20(26)16-9-8-15(11-17(16)23(2)21(19)27)28-14-6-4-13(22)5-7-14;1-12(24)6-9-18(25)19-20(26)16-8-7-15(11-17(16)23(2)21(19)27)28-14-5-3-4-13(22)10-14;1-11(22)5-8-15(23)17-18(25)13-10-12(6-7-14(13)20(2)19(17)26)29(27,28)21-9-3-4-16(21)24/h2-6,10-11,13,16,28H,7-9,12,14H2,1H3;4-9,11,26H,3,10H2,1-2H3;3-5,7-8,10-11,26H,6,9H2,1-2H3;6-7,10,25H,3-5,8-9H2,1-2H3. The van der Waals surface area contributed by atoms with E-state index >= 15 is 0 Å². The molecule has 4 aromatic heterocycles. The highest BCUT2D eigenvalue weighted by Crippen LogP contribution is 2.39. The lowest BCUT2D eigenvalue weighted by molar-refractivity contribution is -0.124. The highest BCUT2D eigenvalue weighted by molar-refractivity contribution is 7.89. The molecule has 1 saturated heterocycles. The van der Waals surface area contributed by atoms with E-state index < -0.39 is 72.6 Å². The van der Waals surface area contributed by atoms with Crippen LogP contribution in [-0.4, -0.2) is 110 Å². The first-order valence-corrected chi connectivity index (χ1v) is 38.5. The molecular weight excluding hydrogens is 1550 g/mol. The van der Waals surface area contributed by atoms with Gasteiger partial charge < -0.3 is 72.1 Å². The molecule has 11 aromatic rings. The molecule has 2 aliphatic rings. The smallest absolute Gasteiger partial charge is 0.266 e. The predicted octanol–water partition coefficient (Wildman–Crippen LogP) is 14.1. The highest BCUT2D eigenvalue weighted by Gasteiger charge is 2.35. The normalized spacial score (nSPS) is 12.4. The highest BCUT2D eigenvalue weighted by atomic mass is 35.5. The number of sulfonamides is 1. The van der Waals surface area contributed by atoms with Crippen LogP contribution in [0.5, 0.6) is 57.5 Å². The van der Waals surface area contributed by atoms with Gasteiger partial charge in [0, 0.05) is 142 Å². The summed E-state index contributed by atoms with van der Waals surface area (Å²) in [5.74, 6) is -1.70. The van der Waals surface area contributed by atoms with Gasteiger partial charge in [-0.05, 0) is 162 Å². The van der Waals surface area contributed by atoms with Crippen LogP contribution in [0.25, 0.3) is 43.6 Å². The molecule has 0 atom stereocenters. The molecule has 5 heterocycles.